The van der Waals surface area contributed by atoms with E-state index in [2.05, 4.69) is 20.8 Å². The molecule has 1 aliphatic rings. The number of anilines is 1. The van der Waals surface area contributed by atoms with Crippen molar-refractivity contribution in [1.82, 2.24) is 9.88 Å². The minimum Gasteiger partial charge on any atom is -0.379 e. The molecule has 2 aromatic heterocycles. The number of fused-ring (bicyclic) bond motifs is 2. The molecule has 1 amide bonds. The van der Waals surface area contributed by atoms with Gasteiger partial charge in [-0.15, -0.1) is 11.3 Å². The second-order valence-electron chi connectivity index (χ2n) is 7.96. The lowest BCUT2D eigenvalue weighted by Gasteiger charge is -2.27. The number of aromatic nitrogens is 1. The van der Waals surface area contributed by atoms with E-state index in [1.165, 1.54) is 34.8 Å². The lowest BCUT2D eigenvalue weighted by molar-refractivity contribution is -0.384. The maximum absolute atomic E-state index is 13.7. The SMILES string of the molecule is O=C(c1cc2cc([N+](=O)[O-])ccc2s1)N(CCCN1CCOCC1)c1nc2ccc(Br)cc2s1. The summed E-state index contributed by atoms with van der Waals surface area (Å²) in [6.45, 7) is 4.69. The fourth-order valence-corrected chi connectivity index (χ4v) is 6.48. The zero-order valence-electron chi connectivity index (χ0n) is 18.1. The highest BCUT2D eigenvalue weighted by molar-refractivity contribution is 9.10. The monoisotopic (exact) mass is 560 g/mol. The van der Waals surface area contributed by atoms with Gasteiger partial charge >= 0.3 is 0 Å². The molecule has 2 aromatic carbocycles. The maximum Gasteiger partial charge on any atom is 0.270 e. The zero-order chi connectivity index (χ0) is 23.7. The normalized spacial score (nSPS) is 14.6. The number of nitro benzene ring substituents is 1. The van der Waals surface area contributed by atoms with E-state index in [0.717, 1.165) is 58.7 Å². The van der Waals surface area contributed by atoms with Crippen LogP contribution in [-0.2, 0) is 4.74 Å². The van der Waals surface area contributed by atoms with Gasteiger partial charge in [0, 0.05) is 52.9 Å². The molecule has 0 saturated carbocycles. The van der Waals surface area contributed by atoms with Gasteiger partial charge in [0.05, 0.1) is 33.2 Å². The standard InChI is InChI=1S/C23H21BrN4O4S2/c24-16-2-4-18-20(14-16)34-23(25-18)27(7-1-6-26-8-10-32-11-9-26)22(29)21-13-15-12-17(28(30)31)3-5-19(15)33-21/h2-5,12-14H,1,6-11H2. The Morgan fingerprint density at radius 3 is 2.76 bits per heavy atom. The summed E-state index contributed by atoms with van der Waals surface area (Å²) in [5.41, 5.74) is 0.865. The minimum atomic E-state index is -0.421. The molecule has 5 rings (SSSR count). The average Bonchev–Trinajstić information content (AvgIpc) is 3.45. The van der Waals surface area contributed by atoms with Crippen molar-refractivity contribution in [3.05, 3.63) is 61.9 Å². The number of rotatable bonds is 7. The summed E-state index contributed by atoms with van der Waals surface area (Å²) in [5.74, 6) is -0.135. The molecule has 34 heavy (non-hydrogen) atoms. The molecule has 0 aliphatic carbocycles. The molecular weight excluding hydrogens is 540 g/mol. The van der Waals surface area contributed by atoms with Gasteiger partial charge in [-0.2, -0.15) is 0 Å². The number of thiazole rings is 1. The van der Waals surface area contributed by atoms with Crippen LogP contribution in [0.1, 0.15) is 16.1 Å². The highest BCUT2D eigenvalue weighted by Crippen LogP contribution is 2.34. The summed E-state index contributed by atoms with van der Waals surface area (Å²) in [7, 11) is 0. The smallest absolute Gasteiger partial charge is 0.270 e. The first-order valence-corrected chi connectivity index (χ1v) is 13.3. The van der Waals surface area contributed by atoms with Gasteiger partial charge in [-0.3, -0.25) is 24.7 Å². The van der Waals surface area contributed by atoms with Crippen LogP contribution < -0.4 is 4.90 Å². The van der Waals surface area contributed by atoms with Crippen LogP contribution in [0.15, 0.2) is 46.9 Å². The molecule has 0 N–H and O–H groups in total. The fourth-order valence-electron chi connectivity index (χ4n) is 3.95. The van der Waals surface area contributed by atoms with Crippen molar-refractivity contribution in [1.29, 1.82) is 0 Å². The highest BCUT2D eigenvalue weighted by atomic mass is 79.9. The average molecular weight is 561 g/mol. The van der Waals surface area contributed by atoms with Crippen molar-refractivity contribution in [2.45, 2.75) is 6.42 Å². The molecule has 8 nitrogen and oxygen atoms in total. The molecule has 11 heteroatoms. The van der Waals surface area contributed by atoms with E-state index in [-0.39, 0.29) is 11.6 Å². The van der Waals surface area contributed by atoms with Gasteiger partial charge < -0.3 is 4.74 Å². The van der Waals surface area contributed by atoms with Crippen LogP contribution in [0.25, 0.3) is 20.3 Å². The highest BCUT2D eigenvalue weighted by Gasteiger charge is 2.24. The number of hydrogen-bond acceptors (Lipinski definition) is 8. The van der Waals surface area contributed by atoms with Gasteiger partial charge in [0.1, 0.15) is 0 Å². The van der Waals surface area contributed by atoms with Crippen LogP contribution in [-0.4, -0.2) is 60.1 Å². The Morgan fingerprint density at radius 2 is 1.97 bits per heavy atom. The molecule has 0 unspecified atom stereocenters. The zero-order valence-corrected chi connectivity index (χ0v) is 21.3. The number of ether oxygens (including phenoxy) is 1. The fraction of sp³-hybridized carbons (Fsp3) is 0.304. The van der Waals surface area contributed by atoms with Crippen LogP contribution in [0.2, 0.25) is 0 Å². The number of nitro groups is 1. The Bertz CT molecular complexity index is 1370. The summed E-state index contributed by atoms with van der Waals surface area (Å²) in [6.07, 6.45) is 0.807. The molecule has 1 saturated heterocycles. The summed E-state index contributed by atoms with van der Waals surface area (Å²) in [5, 5.41) is 12.5. The number of non-ortho nitro benzene ring substituents is 1. The van der Waals surface area contributed by atoms with Crippen molar-refractivity contribution in [3.63, 3.8) is 0 Å². The molecule has 4 aromatic rings. The van der Waals surface area contributed by atoms with Gasteiger partial charge in [0.25, 0.3) is 11.6 Å². The summed E-state index contributed by atoms with van der Waals surface area (Å²) < 4.78 is 8.24. The van der Waals surface area contributed by atoms with Gasteiger partial charge in [0.2, 0.25) is 0 Å². The molecular formula is C23H21BrN4O4S2. The van der Waals surface area contributed by atoms with Crippen molar-refractivity contribution in [2.24, 2.45) is 0 Å². The molecule has 1 fully saturated rings. The number of thiophene rings is 1. The second kappa shape index (κ2) is 10.0. The topological polar surface area (TPSA) is 88.8 Å². The third-order valence-corrected chi connectivity index (χ3v) is 8.33. The number of hydrogen-bond donors (Lipinski definition) is 0. The van der Waals surface area contributed by atoms with Crippen LogP contribution >= 0.6 is 38.6 Å². The molecule has 0 atom stereocenters. The lowest BCUT2D eigenvalue weighted by Crippen LogP contribution is -2.39. The maximum atomic E-state index is 13.7. The van der Waals surface area contributed by atoms with Crippen LogP contribution in [0, 0.1) is 10.1 Å². The van der Waals surface area contributed by atoms with E-state index in [0.29, 0.717) is 21.9 Å². The first kappa shape index (κ1) is 23.3. The summed E-state index contributed by atoms with van der Waals surface area (Å²) >= 11 is 6.34. The Kier molecular flexibility index (Phi) is 6.89. The number of benzene rings is 2. The Morgan fingerprint density at radius 1 is 1.15 bits per heavy atom. The molecule has 3 heterocycles. The number of halogens is 1. The van der Waals surface area contributed by atoms with Crippen LogP contribution in [0.5, 0.6) is 0 Å². The van der Waals surface area contributed by atoms with Gasteiger partial charge in [0.15, 0.2) is 5.13 Å². The summed E-state index contributed by atoms with van der Waals surface area (Å²) in [6, 6.07) is 12.3. The second-order valence-corrected chi connectivity index (χ2v) is 11.0. The quantitative estimate of drug-likeness (QED) is 0.217. The molecule has 0 spiro atoms. The van der Waals surface area contributed by atoms with Gasteiger partial charge in [-0.25, -0.2) is 4.98 Å². The lowest BCUT2D eigenvalue weighted by atomic mass is 10.2. The third kappa shape index (κ3) is 4.98. The van der Waals surface area contributed by atoms with Crippen LogP contribution in [0.3, 0.4) is 0 Å². The first-order chi connectivity index (χ1) is 16.5. The largest absolute Gasteiger partial charge is 0.379 e. The minimum absolute atomic E-state index is 0.0171. The van der Waals surface area contributed by atoms with E-state index in [1.807, 2.05) is 18.2 Å². The number of morpholine rings is 1. The predicted octanol–water partition coefficient (Wildman–Crippen LogP) is 5.55. The van der Waals surface area contributed by atoms with Gasteiger partial charge in [-0.05, 0) is 36.8 Å². The Labute approximate surface area is 212 Å². The Hall–Kier alpha value is -2.44. The molecule has 176 valence electrons. The first-order valence-electron chi connectivity index (χ1n) is 10.8. The number of nitrogens with zero attached hydrogens (tertiary/aromatic N) is 4. The van der Waals surface area contributed by atoms with Crippen molar-refractivity contribution in [3.8, 4) is 0 Å². The number of amides is 1. The Balaban J connectivity index is 1.44. The van der Waals surface area contributed by atoms with Gasteiger partial charge in [-0.1, -0.05) is 27.3 Å². The summed E-state index contributed by atoms with van der Waals surface area (Å²) in [4.78, 5) is 33.8. The van der Waals surface area contributed by atoms with E-state index in [9.17, 15) is 14.9 Å². The number of carbonyl (C=O) groups is 1. The van der Waals surface area contributed by atoms with E-state index >= 15 is 0 Å². The van der Waals surface area contributed by atoms with Crippen LogP contribution in [0.4, 0.5) is 10.8 Å². The predicted molar refractivity (Wildman–Crippen MR) is 139 cm³/mol. The molecule has 1 aliphatic heterocycles. The molecule has 0 bridgehead atoms. The van der Waals surface area contributed by atoms with Crippen molar-refractivity contribution >= 4 is 75.6 Å². The van der Waals surface area contributed by atoms with E-state index < -0.39 is 4.92 Å². The van der Waals surface area contributed by atoms with E-state index in [4.69, 9.17) is 9.72 Å². The van der Waals surface area contributed by atoms with E-state index in [1.54, 1.807) is 17.0 Å². The third-order valence-electron chi connectivity index (χ3n) is 5.70. The van der Waals surface area contributed by atoms with Crippen molar-refractivity contribution < 1.29 is 14.5 Å². The van der Waals surface area contributed by atoms with Crippen molar-refractivity contribution in [2.75, 3.05) is 44.3 Å². The molecule has 0 radical (unpaired) electrons. The number of carbonyl (C=O) groups excluding carboxylic acids is 1.